The molecule has 1 aromatic heterocycles. The maximum atomic E-state index is 12.0. The van der Waals surface area contributed by atoms with Crippen molar-refractivity contribution < 1.29 is 14.5 Å². The van der Waals surface area contributed by atoms with Crippen molar-refractivity contribution in [3.63, 3.8) is 0 Å². The number of nitrogens with zero attached hydrogens (tertiary/aromatic N) is 2. The predicted molar refractivity (Wildman–Crippen MR) is 112 cm³/mol. The molecular formula is C21H23ClN5O2+. The number of rotatable bonds is 6. The number of hydrogen-bond acceptors (Lipinski definition) is 3. The number of carbonyl (C=O) groups is 2. The normalized spacial score (nSPS) is 11.7. The minimum absolute atomic E-state index is 0.157. The minimum atomic E-state index is -0.512. The molecule has 0 fully saturated rings. The maximum absolute atomic E-state index is 12.0. The fraction of sp³-hybridized carbons (Fsp3) is 0.190. The van der Waals surface area contributed by atoms with Crippen LogP contribution in [0.2, 0.25) is 5.02 Å². The van der Waals surface area contributed by atoms with Crippen molar-refractivity contribution in [3.05, 3.63) is 71.4 Å². The van der Waals surface area contributed by atoms with Crippen LogP contribution in [0.1, 0.15) is 5.56 Å². The number of benzene rings is 2. The van der Waals surface area contributed by atoms with Gasteiger partial charge in [-0.1, -0.05) is 41.9 Å². The molecule has 0 aliphatic rings. The largest absolute Gasteiger partial charge is 0.341 e. The molecule has 1 atom stereocenters. The number of likely N-dealkylation sites (N-methyl/N-ethyl adjacent to an activating group) is 1. The number of imide groups is 1. The molecule has 8 heteroatoms. The third-order valence-electron chi connectivity index (χ3n) is 4.36. The van der Waals surface area contributed by atoms with E-state index < -0.39 is 6.03 Å². The highest BCUT2D eigenvalue weighted by atomic mass is 35.5. The Bertz CT molecular complexity index is 986. The summed E-state index contributed by atoms with van der Waals surface area (Å²) in [5.74, 6) is -0.342. The van der Waals surface area contributed by atoms with E-state index in [1.165, 1.54) is 7.05 Å². The highest BCUT2D eigenvalue weighted by Gasteiger charge is 2.18. The van der Waals surface area contributed by atoms with Crippen LogP contribution in [0, 0.1) is 0 Å². The van der Waals surface area contributed by atoms with E-state index in [0.717, 1.165) is 27.4 Å². The molecule has 0 saturated carbocycles. The standard InChI is InChI=1S/C21H22ClN5O2/c1-23-21(29)24-19(28)14-26(2)12-16-13-27(18-6-4-3-5-7-18)25-20(16)15-8-10-17(22)11-9-15/h3-11,13H,12,14H2,1-2H3,(H2,23,24,28,29)/p+1. The summed E-state index contributed by atoms with van der Waals surface area (Å²) in [6.07, 6.45) is 1.97. The lowest BCUT2D eigenvalue weighted by molar-refractivity contribution is -0.885. The van der Waals surface area contributed by atoms with Gasteiger partial charge in [-0.2, -0.15) is 5.10 Å². The Morgan fingerprint density at radius 2 is 1.79 bits per heavy atom. The minimum Gasteiger partial charge on any atom is -0.341 e. The molecule has 1 heterocycles. The van der Waals surface area contributed by atoms with Crippen molar-refractivity contribution in [2.75, 3.05) is 20.6 Å². The molecule has 3 rings (SSSR count). The Morgan fingerprint density at radius 1 is 1.10 bits per heavy atom. The molecule has 0 saturated heterocycles. The first kappa shape index (κ1) is 20.6. The van der Waals surface area contributed by atoms with Crippen LogP contribution in [0.4, 0.5) is 4.79 Å². The van der Waals surface area contributed by atoms with Crippen molar-refractivity contribution in [1.29, 1.82) is 0 Å². The van der Waals surface area contributed by atoms with Gasteiger partial charge >= 0.3 is 6.03 Å². The SMILES string of the molecule is CNC(=O)NC(=O)C[NH+](C)Cc1cn(-c2ccccc2)nc1-c1ccc(Cl)cc1. The topological polar surface area (TPSA) is 80.5 Å². The second kappa shape index (κ2) is 9.36. The van der Waals surface area contributed by atoms with Crippen LogP contribution in [0.5, 0.6) is 0 Å². The monoisotopic (exact) mass is 412 g/mol. The number of nitrogens with one attached hydrogen (secondary N) is 3. The zero-order valence-corrected chi connectivity index (χ0v) is 17.0. The summed E-state index contributed by atoms with van der Waals surface area (Å²) >= 11 is 6.03. The third kappa shape index (κ3) is 5.43. The molecule has 0 bridgehead atoms. The van der Waals surface area contributed by atoms with E-state index in [1.807, 2.05) is 72.5 Å². The van der Waals surface area contributed by atoms with Gasteiger partial charge in [0, 0.05) is 23.8 Å². The third-order valence-corrected chi connectivity index (χ3v) is 4.61. The van der Waals surface area contributed by atoms with Crippen molar-refractivity contribution in [2.45, 2.75) is 6.54 Å². The number of urea groups is 1. The number of halogens is 1. The summed E-state index contributed by atoms with van der Waals surface area (Å²) in [5, 5.41) is 10.1. The summed E-state index contributed by atoms with van der Waals surface area (Å²) in [7, 11) is 3.37. The van der Waals surface area contributed by atoms with Crippen LogP contribution < -0.4 is 15.5 Å². The highest BCUT2D eigenvalue weighted by Crippen LogP contribution is 2.24. The zero-order valence-electron chi connectivity index (χ0n) is 16.3. The van der Waals surface area contributed by atoms with E-state index in [0.29, 0.717) is 11.6 Å². The number of para-hydroxylation sites is 1. The Hall–Kier alpha value is -3.16. The van der Waals surface area contributed by atoms with Gasteiger partial charge in [0.15, 0.2) is 6.54 Å². The fourth-order valence-corrected chi connectivity index (χ4v) is 3.12. The summed E-state index contributed by atoms with van der Waals surface area (Å²) < 4.78 is 1.83. The fourth-order valence-electron chi connectivity index (χ4n) is 3.00. The van der Waals surface area contributed by atoms with E-state index >= 15 is 0 Å². The summed E-state index contributed by atoms with van der Waals surface area (Å²) in [4.78, 5) is 24.2. The molecule has 0 radical (unpaired) electrons. The molecule has 3 aromatic rings. The van der Waals surface area contributed by atoms with Crippen molar-refractivity contribution in [3.8, 4) is 16.9 Å². The van der Waals surface area contributed by atoms with Crippen LogP contribution in [0.15, 0.2) is 60.8 Å². The Balaban J connectivity index is 1.86. The molecule has 3 N–H and O–H groups in total. The van der Waals surface area contributed by atoms with Gasteiger partial charge < -0.3 is 10.2 Å². The molecule has 2 aromatic carbocycles. The van der Waals surface area contributed by atoms with Crippen LogP contribution in [-0.2, 0) is 11.3 Å². The van der Waals surface area contributed by atoms with E-state index in [9.17, 15) is 9.59 Å². The predicted octanol–water partition coefficient (Wildman–Crippen LogP) is 1.66. The molecule has 29 heavy (non-hydrogen) atoms. The lowest BCUT2D eigenvalue weighted by Crippen LogP contribution is -3.09. The Labute approximate surface area is 174 Å². The molecule has 0 spiro atoms. The number of carbonyl (C=O) groups excluding carboxylic acids is 2. The van der Waals surface area contributed by atoms with Crippen LogP contribution in [0.25, 0.3) is 16.9 Å². The number of amides is 3. The summed E-state index contributed by atoms with van der Waals surface area (Å²) in [6, 6.07) is 16.8. The van der Waals surface area contributed by atoms with Crippen molar-refractivity contribution >= 4 is 23.5 Å². The van der Waals surface area contributed by atoms with Crippen LogP contribution in [-0.4, -0.2) is 42.4 Å². The van der Waals surface area contributed by atoms with E-state index in [-0.39, 0.29) is 12.5 Å². The Kier molecular flexibility index (Phi) is 6.64. The Morgan fingerprint density at radius 3 is 2.45 bits per heavy atom. The average Bonchev–Trinajstić information content (AvgIpc) is 3.12. The van der Waals surface area contributed by atoms with Crippen molar-refractivity contribution in [1.82, 2.24) is 20.4 Å². The van der Waals surface area contributed by atoms with Gasteiger partial charge in [-0.3, -0.25) is 10.1 Å². The lowest BCUT2D eigenvalue weighted by atomic mass is 10.1. The van der Waals surface area contributed by atoms with Gasteiger partial charge in [0.25, 0.3) is 5.91 Å². The zero-order chi connectivity index (χ0) is 20.8. The van der Waals surface area contributed by atoms with Gasteiger partial charge in [0.05, 0.1) is 18.3 Å². The van der Waals surface area contributed by atoms with Gasteiger partial charge in [0.1, 0.15) is 12.2 Å². The lowest BCUT2D eigenvalue weighted by Gasteiger charge is -2.13. The smallest absolute Gasteiger partial charge is 0.321 e. The molecule has 1 unspecified atom stereocenters. The van der Waals surface area contributed by atoms with E-state index in [2.05, 4.69) is 10.6 Å². The van der Waals surface area contributed by atoms with E-state index in [4.69, 9.17) is 16.7 Å². The van der Waals surface area contributed by atoms with Crippen molar-refractivity contribution in [2.24, 2.45) is 0 Å². The molecule has 7 nitrogen and oxygen atoms in total. The number of quaternary nitrogens is 1. The van der Waals surface area contributed by atoms with E-state index in [1.54, 1.807) is 0 Å². The van der Waals surface area contributed by atoms with Gasteiger partial charge in [-0.25, -0.2) is 9.48 Å². The number of hydrogen-bond donors (Lipinski definition) is 3. The first-order valence-electron chi connectivity index (χ1n) is 9.19. The first-order valence-corrected chi connectivity index (χ1v) is 9.57. The molecule has 0 aliphatic carbocycles. The molecule has 0 aliphatic heterocycles. The second-order valence-electron chi connectivity index (χ2n) is 6.73. The molecular weight excluding hydrogens is 390 g/mol. The van der Waals surface area contributed by atoms with Gasteiger partial charge in [-0.05, 0) is 24.3 Å². The average molecular weight is 413 g/mol. The maximum Gasteiger partial charge on any atom is 0.321 e. The summed E-state index contributed by atoms with van der Waals surface area (Å²) in [5.41, 5.74) is 3.71. The summed E-state index contributed by atoms with van der Waals surface area (Å²) in [6.45, 7) is 0.718. The first-order chi connectivity index (χ1) is 14.0. The molecule has 150 valence electrons. The highest BCUT2D eigenvalue weighted by molar-refractivity contribution is 6.30. The van der Waals surface area contributed by atoms with Crippen LogP contribution in [0.3, 0.4) is 0 Å². The van der Waals surface area contributed by atoms with Gasteiger partial charge in [-0.15, -0.1) is 0 Å². The van der Waals surface area contributed by atoms with Gasteiger partial charge in [0.2, 0.25) is 0 Å². The number of aromatic nitrogens is 2. The quantitative estimate of drug-likeness (QED) is 0.576. The second-order valence-corrected chi connectivity index (χ2v) is 7.16. The van der Waals surface area contributed by atoms with Crippen LogP contribution >= 0.6 is 11.6 Å². The molecule has 3 amide bonds.